The first-order chi connectivity index (χ1) is 9.54. The van der Waals surface area contributed by atoms with Crippen LogP contribution >= 0.6 is 0 Å². The Hall–Kier alpha value is -2.24. The van der Waals surface area contributed by atoms with E-state index in [1.807, 2.05) is 6.92 Å². The Morgan fingerprint density at radius 3 is 2.55 bits per heavy atom. The lowest BCUT2D eigenvalue weighted by Gasteiger charge is -2.22. The van der Waals surface area contributed by atoms with E-state index in [1.165, 1.54) is 19.1 Å². The van der Waals surface area contributed by atoms with Gasteiger partial charge < -0.3 is 20.1 Å². The zero-order valence-electron chi connectivity index (χ0n) is 12.0. The van der Waals surface area contributed by atoms with Crippen molar-refractivity contribution in [2.75, 3.05) is 33.0 Å². The fourth-order valence-corrected chi connectivity index (χ4v) is 1.85. The van der Waals surface area contributed by atoms with Crippen LogP contribution in [0.4, 0.5) is 5.69 Å². The predicted molar refractivity (Wildman–Crippen MR) is 75.6 cm³/mol. The molecule has 6 nitrogen and oxygen atoms in total. The van der Waals surface area contributed by atoms with E-state index in [0.717, 1.165) is 6.42 Å². The minimum Gasteiger partial charge on any atom is -0.496 e. The number of anilines is 1. The van der Waals surface area contributed by atoms with Gasteiger partial charge in [0.1, 0.15) is 17.9 Å². The van der Waals surface area contributed by atoms with Crippen molar-refractivity contribution in [3.05, 3.63) is 23.8 Å². The lowest BCUT2D eigenvalue weighted by molar-refractivity contribution is -0.141. The highest BCUT2D eigenvalue weighted by molar-refractivity contribution is 6.02. The summed E-state index contributed by atoms with van der Waals surface area (Å²) in [6.45, 7) is 2.25. The van der Waals surface area contributed by atoms with Crippen molar-refractivity contribution in [3.63, 3.8) is 0 Å². The second-order valence-electron chi connectivity index (χ2n) is 4.23. The smallest absolute Gasteiger partial charge is 0.325 e. The van der Waals surface area contributed by atoms with Gasteiger partial charge in [-0.05, 0) is 18.6 Å². The molecule has 0 spiro atoms. The van der Waals surface area contributed by atoms with Gasteiger partial charge in [0, 0.05) is 12.2 Å². The van der Waals surface area contributed by atoms with Gasteiger partial charge in [-0.3, -0.25) is 9.59 Å². The number of methoxy groups -OCH3 is 2. The highest BCUT2D eigenvalue weighted by atomic mass is 16.5. The molecular formula is C14H20N2O4. The zero-order chi connectivity index (χ0) is 15.1. The van der Waals surface area contributed by atoms with Crippen molar-refractivity contribution in [2.24, 2.45) is 0 Å². The fraction of sp³-hybridized carbons (Fsp3) is 0.429. The third-order valence-electron chi connectivity index (χ3n) is 2.82. The summed E-state index contributed by atoms with van der Waals surface area (Å²) in [6.07, 6.45) is 0.720. The van der Waals surface area contributed by atoms with Crippen LogP contribution in [-0.2, 0) is 9.53 Å². The maximum atomic E-state index is 12.5. The topological polar surface area (TPSA) is 81.9 Å². The molecule has 0 aliphatic rings. The van der Waals surface area contributed by atoms with Crippen molar-refractivity contribution in [1.29, 1.82) is 0 Å². The molecule has 0 saturated heterocycles. The lowest BCUT2D eigenvalue weighted by Crippen LogP contribution is -2.37. The molecule has 0 unspecified atom stereocenters. The number of carbonyl (C=O) groups is 2. The number of amides is 1. The van der Waals surface area contributed by atoms with Gasteiger partial charge in [-0.25, -0.2) is 0 Å². The molecule has 0 aliphatic heterocycles. The van der Waals surface area contributed by atoms with E-state index in [2.05, 4.69) is 4.74 Å². The predicted octanol–water partition coefficient (Wildman–Crippen LogP) is 1.30. The van der Waals surface area contributed by atoms with E-state index in [9.17, 15) is 9.59 Å². The maximum Gasteiger partial charge on any atom is 0.325 e. The molecule has 1 aromatic rings. The molecule has 1 rings (SSSR count). The number of nitrogens with two attached hydrogens (primary N) is 1. The summed E-state index contributed by atoms with van der Waals surface area (Å²) in [7, 11) is 2.75. The van der Waals surface area contributed by atoms with Crippen LogP contribution in [0.5, 0.6) is 5.75 Å². The summed E-state index contributed by atoms with van der Waals surface area (Å²) in [5.41, 5.74) is 6.44. The highest BCUT2D eigenvalue weighted by Gasteiger charge is 2.23. The van der Waals surface area contributed by atoms with Gasteiger partial charge in [-0.2, -0.15) is 0 Å². The maximum absolute atomic E-state index is 12.5. The molecule has 20 heavy (non-hydrogen) atoms. The molecule has 110 valence electrons. The molecule has 0 radical (unpaired) electrons. The number of hydrogen-bond donors (Lipinski definition) is 1. The summed E-state index contributed by atoms with van der Waals surface area (Å²) < 4.78 is 9.77. The van der Waals surface area contributed by atoms with Gasteiger partial charge in [-0.15, -0.1) is 0 Å². The first-order valence-corrected chi connectivity index (χ1v) is 6.33. The first kappa shape index (κ1) is 15.8. The summed E-state index contributed by atoms with van der Waals surface area (Å²) in [6, 6.07) is 4.99. The number of esters is 1. The van der Waals surface area contributed by atoms with Gasteiger partial charge in [0.05, 0.1) is 14.2 Å². The number of nitrogen functional groups attached to an aromatic ring is 1. The van der Waals surface area contributed by atoms with Gasteiger partial charge in [-0.1, -0.05) is 13.0 Å². The van der Waals surface area contributed by atoms with E-state index >= 15 is 0 Å². The summed E-state index contributed by atoms with van der Waals surface area (Å²) >= 11 is 0. The second-order valence-corrected chi connectivity index (χ2v) is 4.23. The highest BCUT2D eigenvalue weighted by Crippen LogP contribution is 2.25. The van der Waals surface area contributed by atoms with E-state index in [0.29, 0.717) is 18.0 Å². The van der Waals surface area contributed by atoms with Gasteiger partial charge in [0.25, 0.3) is 5.91 Å². The molecule has 0 heterocycles. The van der Waals surface area contributed by atoms with Gasteiger partial charge in [0.2, 0.25) is 0 Å². The molecule has 0 saturated carbocycles. The van der Waals surface area contributed by atoms with E-state index in [4.69, 9.17) is 10.5 Å². The van der Waals surface area contributed by atoms with Crippen LogP contribution in [0.1, 0.15) is 23.7 Å². The third-order valence-corrected chi connectivity index (χ3v) is 2.82. The van der Waals surface area contributed by atoms with Crippen LogP contribution in [0.25, 0.3) is 0 Å². The molecule has 6 heteroatoms. The summed E-state index contributed by atoms with van der Waals surface area (Å²) in [5, 5.41) is 0. The van der Waals surface area contributed by atoms with Crippen LogP contribution in [0, 0.1) is 0 Å². The van der Waals surface area contributed by atoms with Crippen LogP contribution in [0.2, 0.25) is 0 Å². The largest absolute Gasteiger partial charge is 0.496 e. The Bertz CT molecular complexity index is 488. The first-order valence-electron chi connectivity index (χ1n) is 6.33. The monoisotopic (exact) mass is 280 g/mol. The average Bonchev–Trinajstić information content (AvgIpc) is 2.45. The summed E-state index contributed by atoms with van der Waals surface area (Å²) in [4.78, 5) is 25.3. The second kappa shape index (κ2) is 7.37. The van der Waals surface area contributed by atoms with Crippen molar-refractivity contribution < 1.29 is 19.1 Å². The quantitative estimate of drug-likeness (QED) is 0.627. The minimum absolute atomic E-state index is 0.110. The Balaban J connectivity index is 3.09. The fourth-order valence-electron chi connectivity index (χ4n) is 1.85. The molecule has 1 amide bonds. The van der Waals surface area contributed by atoms with E-state index in [1.54, 1.807) is 18.2 Å². The Morgan fingerprint density at radius 2 is 2.00 bits per heavy atom. The normalized spacial score (nSPS) is 9.95. The standard InChI is InChI=1S/C14H20N2O4/c1-4-8-16(9-12(17)20-3)14(18)13-10(15)6-5-7-11(13)19-2/h5-7H,4,8-9,15H2,1-3H3. The molecule has 0 aromatic heterocycles. The van der Waals surface area contributed by atoms with Crippen LogP contribution in [0.15, 0.2) is 18.2 Å². The summed E-state index contributed by atoms with van der Waals surface area (Å²) in [5.74, 6) is -0.423. The average molecular weight is 280 g/mol. The zero-order valence-corrected chi connectivity index (χ0v) is 12.0. The molecule has 0 fully saturated rings. The molecular weight excluding hydrogens is 260 g/mol. The number of rotatable bonds is 6. The van der Waals surface area contributed by atoms with Crippen molar-refractivity contribution in [3.8, 4) is 5.75 Å². The van der Waals surface area contributed by atoms with Crippen molar-refractivity contribution in [1.82, 2.24) is 4.90 Å². The van der Waals surface area contributed by atoms with Crippen molar-refractivity contribution in [2.45, 2.75) is 13.3 Å². The Labute approximate surface area is 118 Å². The number of ether oxygens (including phenoxy) is 2. The van der Waals surface area contributed by atoms with E-state index < -0.39 is 5.97 Å². The van der Waals surface area contributed by atoms with E-state index in [-0.39, 0.29) is 18.0 Å². The molecule has 2 N–H and O–H groups in total. The SMILES string of the molecule is CCCN(CC(=O)OC)C(=O)c1c(N)cccc1OC. The molecule has 1 aromatic carbocycles. The van der Waals surface area contributed by atoms with Gasteiger partial charge >= 0.3 is 5.97 Å². The molecule has 0 atom stereocenters. The number of hydrogen-bond acceptors (Lipinski definition) is 5. The minimum atomic E-state index is -0.472. The number of benzene rings is 1. The van der Waals surface area contributed by atoms with Crippen molar-refractivity contribution >= 4 is 17.6 Å². The number of nitrogens with zero attached hydrogens (tertiary/aromatic N) is 1. The Kier molecular flexibility index (Phi) is 5.83. The van der Waals surface area contributed by atoms with Gasteiger partial charge in [0.15, 0.2) is 0 Å². The van der Waals surface area contributed by atoms with Crippen LogP contribution in [0.3, 0.4) is 0 Å². The lowest BCUT2D eigenvalue weighted by atomic mass is 10.1. The van der Waals surface area contributed by atoms with Crippen LogP contribution in [-0.4, -0.2) is 44.1 Å². The molecule has 0 bridgehead atoms. The van der Waals surface area contributed by atoms with Crippen LogP contribution < -0.4 is 10.5 Å². The third kappa shape index (κ3) is 3.63. The Morgan fingerprint density at radius 1 is 1.30 bits per heavy atom. The number of carbonyl (C=O) groups excluding carboxylic acids is 2. The molecule has 0 aliphatic carbocycles.